The van der Waals surface area contributed by atoms with Gasteiger partial charge in [-0.2, -0.15) is 0 Å². The number of amides is 1. The standard InChI is InChI=1S/C15H21NO4S/c1-10-3-6-15(7-4-10,14(18)19)9-16-13(17)12-11(20-2)5-8-21-12/h5,8,10H,3-4,6-7,9H2,1-2H3,(H,16,17)(H,18,19). The van der Waals surface area contributed by atoms with Crippen molar-refractivity contribution in [2.75, 3.05) is 13.7 Å². The highest BCUT2D eigenvalue weighted by Gasteiger charge is 2.41. The molecule has 5 nitrogen and oxygen atoms in total. The van der Waals surface area contributed by atoms with Crippen LogP contribution < -0.4 is 10.1 Å². The van der Waals surface area contributed by atoms with Crippen molar-refractivity contribution in [1.82, 2.24) is 5.32 Å². The quantitative estimate of drug-likeness (QED) is 0.876. The van der Waals surface area contributed by atoms with Gasteiger partial charge in [-0.15, -0.1) is 11.3 Å². The minimum absolute atomic E-state index is 0.176. The molecule has 0 aliphatic heterocycles. The van der Waals surface area contributed by atoms with Crippen molar-refractivity contribution in [2.24, 2.45) is 11.3 Å². The molecule has 1 fully saturated rings. The third-order valence-corrected chi connectivity index (χ3v) is 5.22. The molecule has 1 aliphatic carbocycles. The van der Waals surface area contributed by atoms with E-state index in [2.05, 4.69) is 12.2 Å². The number of nitrogens with one attached hydrogen (secondary N) is 1. The number of carbonyl (C=O) groups excluding carboxylic acids is 1. The summed E-state index contributed by atoms with van der Waals surface area (Å²) in [5.74, 6) is 0.0126. The Balaban J connectivity index is 2.02. The van der Waals surface area contributed by atoms with Gasteiger partial charge in [-0.25, -0.2) is 0 Å². The van der Waals surface area contributed by atoms with Gasteiger partial charge in [0.1, 0.15) is 10.6 Å². The van der Waals surface area contributed by atoms with Gasteiger partial charge >= 0.3 is 5.97 Å². The SMILES string of the molecule is COc1ccsc1C(=O)NCC1(C(=O)O)CCC(C)CC1. The summed E-state index contributed by atoms with van der Waals surface area (Å²) in [6.45, 7) is 2.32. The van der Waals surface area contributed by atoms with Crippen molar-refractivity contribution >= 4 is 23.2 Å². The van der Waals surface area contributed by atoms with Crippen LogP contribution in [0, 0.1) is 11.3 Å². The highest BCUT2D eigenvalue weighted by Crippen LogP contribution is 2.38. The number of hydrogen-bond donors (Lipinski definition) is 2. The maximum atomic E-state index is 12.2. The van der Waals surface area contributed by atoms with Gasteiger partial charge in [0, 0.05) is 6.54 Å². The molecule has 0 spiro atoms. The van der Waals surface area contributed by atoms with Crippen molar-refractivity contribution < 1.29 is 19.4 Å². The molecule has 1 heterocycles. The van der Waals surface area contributed by atoms with E-state index in [1.165, 1.54) is 18.4 Å². The summed E-state index contributed by atoms with van der Waals surface area (Å²) >= 11 is 1.29. The van der Waals surface area contributed by atoms with E-state index in [0.29, 0.717) is 29.4 Å². The van der Waals surface area contributed by atoms with E-state index in [1.807, 2.05) is 0 Å². The predicted octanol–water partition coefficient (Wildman–Crippen LogP) is 2.77. The number of hydrogen-bond acceptors (Lipinski definition) is 4. The summed E-state index contributed by atoms with van der Waals surface area (Å²) in [6.07, 6.45) is 3.02. The molecule has 0 radical (unpaired) electrons. The van der Waals surface area contributed by atoms with Crippen LogP contribution in [0.15, 0.2) is 11.4 Å². The van der Waals surface area contributed by atoms with Gasteiger partial charge < -0.3 is 15.2 Å². The molecule has 2 rings (SSSR count). The van der Waals surface area contributed by atoms with Crippen LogP contribution in [0.3, 0.4) is 0 Å². The van der Waals surface area contributed by atoms with Crippen LogP contribution in [0.4, 0.5) is 0 Å². The van der Waals surface area contributed by atoms with Crippen LogP contribution in [-0.4, -0.2) is 30.6 Å². The first kappa shape index (κ1) is 15.8. The summed E-state index contributed by atoms with van der Waals surface area (Å²) in [5.41, 5.74) is -0.827. The van der Waals surface area contributed by atoms with Gasteiger partial charge in [0.2, 0.25) is 0 Å². The fourth-order valence-corrected chi connectivity index (χ4v) is 3.51. The third-order valence-electron chi connectivity index (χ3n) is 4.33. The molecular weight excluding hydrogens is 290 g/mol. The minimum Gasteiger partial charge on any atom is -0.495 e. The van der Waals surface area contributed by atoms with E-state index in [0.717, 1.165) is 12.8 Å². The Kier molecular flexibility index (Phi) is 4.88. The Morgan fingerprint density at radius 2 is 2.14 bits per heavy atom. The van der Waals surface area contributed by atoms with Crippen molar-refractivity contribution in [2.45, 2.75) is 32.6 Å². The molecule has 116 valence electrons. The molecule has 1 aliphatic rings. The molecule has 2 N–H and O–H groups in total. The van der Waals surface area contributed by atoms with Crippen LogP contribution in [-0.2, 0) is 4.79 Å². The monoisotopic (exact) mass is 311 g/mol. The Hall–Kier alpha value is -1.56. The summed E-state index contributed by atoms with van der Waals surface area (Å²) < 4.78 is 5.12. The molecule has 0 bridgehead atoms. The largest absolute Gasteiger partial charge is 0.495 e. The van der Waals surface area contributed by atoms with Crippen molar-refractivity contribution in [3.63, 3.8) is 0 Å². The zero-order valence-corrected chi connectivity index (χ0v) is 13.2. The zero-order chi connectivity index (χ0) is 15.5. The highest BCUT2D eigenvalue weighted by molar-refractivity contribution is 7.12. The second kappa shape index (κ2) is 6.47. The van der Waals surface area contributed by atoms with Crippen LogP contribution >= 0.6 is 11.3 Å². The molecule has 21 heavy (non-hydrogen) atoms. The Bertz CT molecular complexity index is 517. The molecule has 1 aromatic heterocycles. The highest BCUT2D eigenvalue weighted by atomic mass is 32.1. The van der Waals surface area contributed by atoms with E-state index in [1.54, 1.807) is 11.4 Å². The van der Waals surface area contributed by atoms with Gasteiger partial charge in [-0.1, -0.05) is 6.92 Å². The van der Waals surface area contributed by atoms with Gasteiger partial charge in [0.05, 0.1) is 12.5 Å². The number of aliphatic carboxylic acids is 1. The second-order valence-electron chi connectivity index (χ2n) is 5.77. The molecule has 1 saturated carbocycles. The smallest absolute Gasteiger partial charge is 0.311 e. The third kappa shape index (κ3) is 3.37. The number of methoxy groups -OCH3 is 1. The first-order valence-electron chi connectivity index (χ1n) is 7.11. The summed E-state index contributed by atoms with van der Waals surface area (Å²) in [6, 6.07) is 1.73. The van der Waals surface area contributed by atoms with Crippen molar-refractivity contribution in [3.8, 4) is 5.75 Å². The lowest BCUT2D eigenvalue weighted by Crippen LogP contribution is -2.45. The summed E-state index contributed by atoms with van der Waals surface area (Å²) in [7, 11) is 1.51. The number of carboxylic acid groups (broad SMARTS) is 1. The topological polar surface area (TPSA) is 75.6 Å². The number of rotatable bonds is 5. The fourth-order valence-electron chi connectivity index (χ4n) is 2.73. The van der Waals surface area contributed by atoms with E-state index in [-0.39, 0.29) is 12.5 Å². The Morgan fingerprint density at radius 1 is 1.48 bits per heavy atom. The summed E-state index contributed by atoms with van der Waals surface area (Å²) in [4.78, 5) is 24.3. The molecule has 1 aromatic rings. The number of thiophene rings is 1. The first-order chi connectivity index (χ1) is 9.98. The molecule has 0 aromatic carbocycles. The summed E-state index contributed by atoms with van der Waals surface area (Å²) in [5, 5.41) is 14.1. The molecule has 0 atom stereocenters. The van der Waals surface area contributed by atoms with E-state index < -0.39 is 11.4 Å². The zero-order valence-electron chi connectivity index (χ0n) is 12.3. The molecule has 6 heteroatoms. The van der Waals surface area contributed by atoms with Crippen LogP contribution in [0.25, 0.3) is 0 Å². The van der Waals surface area contributed by atoms with Gasteiger partial charge in [-0.05, 0) is 43.0 Å². The van der Waals surface area contributed by atoms with E-state index >= 15 is 0 Å². The lowest BCUT2D eigenvalue weighted by atomic mass is 9.71. The Morgan fingerprint density at radius 3 is 2.71 bits per heavy atom. The molecule has 0 unspecified atom stereocenters. The molecule has 0 saturated heterocycles. The number of carboxylic acids is 1. The first-order valence-corrected chi connectivity index (χ1v) is 7.99. The number of carbonyl (C=O) groups is 2. The van der Waals surface area contributed by atoms with Gasteiger partial charge in [0.25, 0.3) is 5.91 Å². The van der Waals surface area contributed by atoms with Crippen molar-refractivity contribution in [3.05, 3.63) is 16.3 Å². The van der Waals surface area contributed by atoms with E-state index in [9.17, 15) is 14.7 Å². The number of ether oxygens (including phenoxy) is 1. The molecule has 1 amide bonds. The maximum Gasteiger partial charge on any atom is 0.311 e. The normalized spacial score (nSPS) is 25.3. The lowest BCUT2D eigenvalue weighted by Gasteiger charge is -2.35. The van der Waals surface area contributed by atoms with Crippen LogP contribution in [0.5, 0.6) is 5.75 Å². The second-order valence-corrected chi connectivity index (χ2v) is 6.68. The fraction of sp³-hybridized carbons (Fsp3) is 0.600. The van der Waals surface area contributed by atoms with E-state index in [4.69, 9.17) is 4.74 Å². The lowest BCUT2D eigenvalue weighted by molar-refractivity contribution is -0.151. The minimum atomic E-state index is -0.827. The van der Waals surface area contributed by atoms with Gasteiger partial charge in [0.15, 0.2) is 0 Å². The predicted molar refractivity (Wildman–Crippen MR) is 80.9 cm³/mol. The van der Waals surface area contributed by atoms with Crippen LogP contribution in [0.2, 0.25) is 0 Å². The average Bonchev–Trinajstić information content (AvgIpc) is 2.95. The maximum absolute atomic E-state index is 12.2. The van der Waals surface area contributed by atoms with Gasteiger partial charge in [-0.3, -0.25) is 9.59 Å². The average molecular weight is 311 g/mol. The molecular formula is C15H21NO4S. The Labute approximate surface area is 128 Å². The van der Waals surface area contributed by atoms with Crippen LogP contribution in [0.1, 0.15) is 42.3 Å². The van der Waals surface area contributed by atoms with Crippen molar-refractivity contribution in [1.29, 1.82) is 0 Å².